The average Bonchev–Trinajstić information content (AvgIpc) is 1.94. The maximum absolute atomic E-state index is 10.5. The molecule has 1 nitrogen and oxygen atoms in total. The van der Waals surface area contributed by atoms with Gasteiger partial charge in [0.25, 0.3) is 0 Å². The third-order valence-electron chi connectivity index (χ3n) is 0.109. The maximum atomic E-state index is 10.5. The zero-order chi connectivity index (χ0) is 8.12. The van der Waals surface area contributed by atoms with E-state index in [-0.39, 0.29) is 21.5 Å². The van der Waals surface area contributed by atoms with Gasteiger partial charge < -0.3 is 4.74 Å². The Hall–Kier alpha value is -0.250. The number of rotatable bonds is 1. The van der Waals surface area contributed by atoms with Gasteiger partial charge in [-0.05, 0) is 6.92 Å². The van der Waals surface area contributed by atoms with Gasteiger partial charge in [0.2, 0.25) is 0 Å². The zero-order valence-electron chi connectivity index (χ0n) is 5.96. The van der Waals surface area contributed by atoms with Crippen molar-refractivity contribution in [3.63, 3.8) is 0 Å². The standard InChI is InChI=1S/C2H5FO.C2H5F.CH3F.2CH4/c1-4-2-3;1-2-3;1-2;;/h2H2,1H3;2H2,1H3;1H3;2*1H4. The molecule has 0 saturated carbocycles. The summed E-state index contributed by atoms with van der Waals surface area (Å²) in [6, 6.07) is 0. The Bertz CT molecular complexity index is 21.2. The van der Waals surface area contributed by atoms with Crippen LogP contribution in [0.5, 0.6) is 0 Å². The van der Waals surface area contributed by atoms with Crippen molar-refractivity contribution in [1.82, 2.24) is 0 Å². The zero-order valence-corrected chi connectivity index (χ0v) is 5.96. The van der Waals surface area contributed by atoms with Crippen LogP contribution in [-0.2, 0) is 4.74 Å². The van der Waals surface area contributed by atoms with Gasteiger partial charge in [-0.1, -0.05) is 14.9 Å². The highest BCUT2D eigenvalue weighted by molar-refractivity contribution is 3.86. The van der Waals surface area contributed by atoms with Gasteiger partial charge in [-0.25, -0.2) is 4.39 Å². The number of alkyl halides is 3. The molecule has 0 heterocycles. The summed E-state index contributed by atoms with van der Waals surface area (Å²) in [6.07, 6.45) is 0. The molecule has 0 atom stereocenters. The van der Waals surface area contributed by atoms with Crippen LogP contribution in [-0.4, -0.2) is 27.8 Å². The van der Waals surface area contributed by atoms with Gasteiger partial charge in [0, 0.05) is 7.11 Å². The average molecular weight is 178 g/mol. The number of hydrogen-bond donors (Lipinski definition) is 0. The molecule has 4 heteroatoms. The lowest BCUT2D eigenvalue weighted by Gasteiger charge is -1.72. The molecule has 0 aliphatic carbocycles. The lowest BCUT2D eigenvalue weighted by molar-refractivity contribution is 0.104. The van der Waals surface area contributed by atoms with Crippen molar-refractivity contribution in [1.29, 1.82) is 0 Å². The quantitative estimate of drug-likeness (QED) is 0.598. The van der Waals surface area contributed by atoms with Gasteiger partial charge in [-0.15, -0.1) is 0 Å². The number of ether oxygens (including phenoxy) is 1. The molecule has 0 unspecified atom stereocenters. The van der Waals surface area contributed by atoms with Gasteiger partial charge in [0.1, 0.15) is 0 Å². The van der Waals surface area contributed by atoms with Crippen molar-refractivity contribution in [3.05, 3.63) is 0 Å². The van der Waals surface area contributed by atoms with Crippen molar-refractivity contribution in [3.8, 4) is 0 Å². The Labute approximate surface area is 68.6 Å². The summed E-state index contributed by atoms with van der Waals surface area (Å²) >= 11 is 0. The van der Waals surface area contributed by atoms with Crippen LogP contribution in [0.25, 0.3) is 0 Å². The normalized spacial score (nSPS) is 4.91. The van der Waals surface area contributed by atoms with E-state index < -0.39 is 6.86 Å². The molecule has 0 saturated heterocycles. The molecule has 0 aromatic heterocycles. The molecule has 0 bridgehead atoms. The van der Waals surface area contributed by atoms with Crippen LogP contribution >= 0.6 is 0 Å². The molecule has 0 aliphatic heterocycles. The SMILES string of the molecule is C.C.CCF.CF.COCF. The fraction of sp³-hybridized carbons (Fsp3) is 1.00. The van der Waals surface area contributed by atoms with Crippen molar-refractivity contribution >= 4 is 0 Å². The Kier molecular flexibility index (Phi) is 277. The van der Waals surface area contributed by atoms with E-state index in [1.165, 1.54) is 14.0 Å². The minimum Gasteiger partial charge on any atom is -0.354 e. The highest BCUT2D eigenvalue weighted by Gasteiger charge is 1.55. The Morgan fingerprint density at radius 3 is 1.18 bits per heavy atom. The van der Waals surface area contributed by atoms with E-state index in [1.807, 2.05) is 0 Å². The van der Waals surface area contributed by atoms with E-state index in [1.54, 1.807) is 0 Å². The van der Waals surface area contributed by atoms with Gasteiger partial charge in [0.15, 0.2) is 6.86 Å². The van der Waals surface area contributed by atoms with Crippen LogP contribution in [0.1, 0.15) is 21.8 Å². The first-order chi connectivity index (χ1) is 4.33. The van der Waals surface area contributed by atoms with Crippen molar-refractivity contribution in [2.45, 2.75) is 21.8 Å². The predicted molar refractivity (Wildman–Crippen MR) is 45.1 cm³/mol. The third-order valence-corrected chi connectivity index (χ3v) is 0.109. The van der Waals surface area contributed by atoms with E-state index in [0.29, 0.717) is 7.18 Å². The predicted octanol–water partition coefficient (Wildman–Crippen LogP) is 3.39. The molecule has 0 amide bonds. The Morgan fingerprint density at radius 2 is 1.18 bits per heavy atom. The summed E-state index contributed by atoms with van der Waals surface area (Å²) in [5, 5.41) is 0. The largest absolute Gasteiger partial charge is 0.354 e. The van der Waals surface area contributed by atoms with E-state index in [9.17, 15) is 13.2 Å². The van der Waals surface area contributed by atoms with Crippen LogP contribution in [0.4, 0.5) is 13.2 Å². The number of methoxy groups -OCH3 is 1. The molecule has 0 aliphatic rings. The first-order valence-electron chi connectivity index (χ1n) is 2.32. The fourth-order valence-corrected chi connectivity index (χ4v) is 0. The van der Waals surface area contributed by atoms with E-state index in [4.69, 9.17) is 0 Å². The molecule has 0 radical (unpaired) electrons. The summed E-state index contributed by atoms with van der Waals surface area (Å²) in [5.74, 6) is 0. The van der Waals surface area contributed by atoms with Gasteiger partial charge >= 0.3 is 0 Å². The van der Waals surface area contributed by atoms with Gasteiger partial charge in [-0.2, -0.15) is 0 Å². The summed E-state index contributed by atoms with van der Waals surface area (Å²) in [5.41, 5.74) is 0. The molecule has 11 heavy (non-hydrogen) atoms. The summed E-state index contributed by atoms with van der Waals surface area (Å²) in [4.78, 5) is 0. The number of halogens is 3. The minimum atomic E-state index is -0.681. The molecule has 0 aromatic carbocycles. The highest BCUT2D eigenvalue weighted by Crippen LogP contribution is 1.58. The highest BCUT2D eigenvalue weighted by atomic mass is 19.1. The van der Waals surface area contributed by atoms with Crippen molar-refractivity contribution in [2.24, 2.45) is 0 Å². The summed E-state index contributed by atoms with van der Waals surface area (Å²) in [6.45, 7) is 0.528. The fourth-order valence-electron chi connectivity index (χ4n) is 0. The van der Waals surface area contributed by atoms with Crippen molar-refractivity contribution < 1.29 is 17.9 Å². The molecule has 0 spiro atoms. The van der Waals surface area contributed by atoms with Gasteiger partial charge in [0.05, 0.1) is 13.9 Å². The number of hydrogen-bond acceptors (Lipinski definition) is 1. The third kappa shape index (κ3) is 1040. The smallest absolute Gasteiger partial charge is 0.187 e. The Morgan fingerprint density at radius 1 is 1.09 bits per heavy atom. The molecule has 0 rings (SSSR count). The molecule has 0 fully saturated rings. The van der Waals surface area contributed by atoms with Crippen molar-refractivity contribution in [2.75, 3.05) is 27.8 Å². The maximum Gasteiger partial charge on any atom is 0.187 e. The lowest BCUT2D eigenvalue weighted by atomic mass is 10.9. The molecule has 0 N–H and O–H groups in total. The second kappa shape index (κ2) is 98.7. The van der Waals surface area contributed by atoms with E-state index >= 15 is 0 Å². The Balaban J connectivity index is -0.0000000158. The van der Waals surface area contributed by atoms with Crippen LogP contribution in [0.3, 0.4) is 0 Å². The molecular weight excluding hydrogens is 157 g/mol. The second-order valence-corrected chi connectivity index (χ2v) is 0.665. The topological polar surface area (TPSA) is 9.23 Å². The minimum absolute atomic E-state index is 0. The first kappa shape index (κ1) is 30.9. The molecule has 0 aromatic rings. The summed E-state index contributed by atoms with van der Waals surface area (Å²) < 4.78 is 34.2. The second-order valence-electron chi connectivity index (χ2n) is 0.665. The van der Waals surface area contributed by atoms with Crippen LogP contribution < -0.4 is 0 Å². The molecule has 76 valence electrons. The molecular formula is C7H21F3O. The monoisotopic (exact) mass is 178 g/mol. The van der Waals surface area contributed by atoms with E-state index in [2.05, 4.69) is 4.74 Å². The van der Waals surface area contributed by atoms with Crippen LogP contribution in [0, 0.1) is 0 Å². The summed E-state index contributed by atoms with van der Waals surface area (Å²) in [7, 11) is 1.81. The first-order valence-corrected chi connectivity index (χ1v) is 2.32. The van der Waals surface area contributed by atoms with Crippen LogP contribution in [0.2, 0.25) is 0 Å². The van der Waals surface area contributed by atoms with Crippen LogP contribution in [0.15, 0.2) is 0 Å². The van der Waals surface area contributed by atoms with Gasteiger partial charge in [-0.3, -0.25) is 8.78 Å². The van der Waals surface area contributed by atoms with E-state index in [0.717, 1.165) is 0 Å². The lowest BCUT2D eigenvalue weighted by Crippen LogP contribution is -1.70.